The minimum absolute atomic E-state index is 0.0649. The number of amides is 2. The number of nitrogens with zero attached hydrogens (tertiary/aromatic N) is 1. The molecule has 142 valence electrons. The average molecular weight is 366 g/mol. The number of hydrogen-bond acceptors (Lipinski definition) is 3. The Morgan fingerprint density at radius 3 is 2.11 bits per heavy atom. The van der Waals surface area contributed by atoms with Crippen molar-refractivity contribution >= 4 is 11.8 Å². The van der Waals surface area contributed by atoms with Gasteiger partial charge < -0.3 is 15.7 Å². The van der Waals surface area contributed by atoms with Gasteiger partial charge in [0.05, 0.1) is 11.5 Å². The van der Waals surface area contributed by atoms with Crippen LogP contribution < -0.4 is 5.73 Å². The molecule has 0 radical (unpaired) electrons. The van der Waals surface area contributed by atoms with Gasteiger partial charge in [0, 0.05) is 18.7 Å². The van der Waals surface area contributed by atoms with Crippen molar-refractivity contribution in [3.8, 4) is 11.1 Å². The highest BCUT2D eigenvalue weighted by molar-refractivity contribution is 5.95. The third-order valence-electron chi connectivity index (χ3n) is 5.17. The summed E-state index contributed by atoms with van der Waals surface area (Å²) in [4.78, 5) is 25.8. The lowest BCUT2D eigenvalue weighted by atomic mass is 9.95. The molecule has 0 aliphatic carbocycles. The van der Waals surface area contributed by atoms with Gasteiger partial charge in [-0.05, 0) is 55.5 Å². The van der Waals surface area contributed by atoms with E-state index in [1.54, 1.807) is 18.7 Å². The summed E-state index contributed by atoms with van der Waals surface area (Å²) < 4.78 is 0. The lowest BCUT2D eigenvalue weighted by Gasteiger charge is -2.31. The molecule has 2 aromatic carbocycles. The van der Waals surface area contributed by atoms with E-state index >= 15 is 0 Å². The lowest BCUT2D eigenvalue weighted by Crippen LogP contribution is -2.44. The molecule has 5 nitrogen and oxygen atoms in total. The van der Waals surface area contributed by atoms with Gasteiger partial charge in [-0.3, -0.25) is 9.59 Å². The Labute approximate surface area is 159 Å². The SMILES string of the molecule is CC(C)(O)c1ccc(-c2ccc(C(=O)N3CCCC(C(N)=O)C3)cc2)cc1. The number of nitrogens with two attached hydrogens (primary N) is 1. The number of piperidine rings is 1. The quantitative estimate of drug-likeness (QED) is 0.873. The van der Waals surface area contributed by atoms with Gasteiger partial charge in [0.2, 0.25) is 5.91 Å². The highest BCUT2D eigenvalue weighted by Gasteiger charge is 2.27. The van der Waals surface area contributed by atoms with Crippen molar-refractivity contribution in [2.45, 2.75) is 32.3 Å². The maximum Gasteiger partial charge on any atom is 0.253 e. The van der Waals surface area contributed by atoms with Crippen LogP contribution in [0.25, 0.3) is 11.1 Å². The van der Waals surface area contributed by atoms with Gasteiger partial charge in [-0.1, -0.05) is 36.4 Å². The van der Waals surface area contributed by atoms with E-state index < -0.39 is 5.60 Å². The van der Waals surface area contributed by atoms with Crippen LogP contribution in [0.1, 0.15) is 42.6 Å². The highest BCUT2D eigenvalue weighted by atomic mass is 16.3. The number of benzene rings is 2. The number of primary amides is 1. The molecule has 1 aliphatic heterocycles. The van der Waals surface area contributed by atoms with Crippen LogP contribution in [-0.4, -0.2) is 34.9 Å². The molecule has 27 heavy (non-hydrogen) atoms. The zero-order chi connectivity index (χ0) is 19.6. The van der Waals surface area contributed by atoms with Gasteiger partial charge in [-0.2, -0.15) is 0 Å². The molecule has 3 N–H and O–H groups in total. The van der Waals surface area contributed by atoms with Gasteiger partial charge in [0.25, 0.3) is 5.91 Å². The molecule has 0 spiro atoms. The molecule has 0 aromatic heterocycles. The standard InChI is InChI=1S/C22H26N2O3/c1-22(2,27)19-11-9-16(10-12-19)15-5-7-17(8-6-15)21(26)24-13-3-4-18(14-24)20(23)25/h5-12,18,27H,3-4,13-14H2,1-2H3,(H2,23,25). The Morgan fingerprint density at radius 1 is 1.04 bits per heavy atom. The molecule has 1 unspecified atom stereocenters. The van der Waals surface area contributed by atoms with E-state index in [1.807, 2.05) is 48.5 Å². The second kappa shape index (κ2) is 7.53. The maximum atomic E-state index is 12.7. The Bertz CT molecular complexity index is 820. The first-order valence-electron chi connectivity index (χ1n) is 9.27. The molecule has 1 atom stereocenters. The summed E-state index contributed by atoms with van der Waals surface area (Å²) in [6.07, 6.45) is 1.55. The average Bonchev–Trinajstić information content (AvgIpc) is 2.67. The fraction of sp³-hybridized carbons (Fsp3) is 0.364. The van der Waals surface area contributed by atoms with E-state index in [9.17, 15) is 14.7 Å². The highest BCUT2D eigenvalue weighted by Crippen LogP contribution is 2.26. The maximum absolute atomic E-state index is 12.7. The summed E-state index contributed by atoms with van der Waals surface area (Å²) in [6.45, 7) is 4.56. The first kappa shape index (κ1) is 19.1. The molecular weight excluding hydrogens is 340 g/mol. The van der Waals surface area contributed by atoms with Gasteiger partial charge in [0.1, 0.15) is 0 Å². The number of likely N-dealkylation sites (tertiary alicyclic amines) is 1. The van der Waals surface area contributed by atoms with E-state index in [1.165, 1.54) is 0 Å². The summed E-state index contributed by atoms with van der Waals surface area (Å²) in [5.41, 5.74) is 8.01. The Kier molecular flexibility index (Phi) is 5.33. The zero-order valence-corrected chi connectivity index (χ0v) is 15.8. The molecule has 3 rings (SSSR count). The first-order valence-corrected chi connectivity index (χ1v) is 9.27. The summed E-state index contributed by atoms with van der Waals surface area (Å²) in [5, 5.41) is 10.1. The number of carbonyl (C=O) groups excluding carboxylic acids is 2. The fourth-order valence-corrected chi connectivity index (χ4v) is 3.45. The van der Waals surface area contributed by atoms with Gasteiger partial charge in [0.15, 0.2) is 0 Å². The minimum Gasteiger partial charge on any atom is -0.386 e. The monoisotopic (exact) mass is 366 g/mol. The predicted octanol–water partition coefficient (Wildman–Crippen LogP) is 2.92. The predicted molar refractivity (Wildman–Crippen MR) is 105 cm³/mol. The Morgan fingerprint density at radius 2 is 1.59 bits per heavy atom. The van der Waals surface area contributed by atoms with Crippen molar-refractivity contribution in [3.05, 3.63) is 59.7 Å². The summed E-state index contributed by atoms with van der Waals surface area (Å²) >= 11 is 0. The molecule has 5 heteroatoms. The molecule has 1 aliphatic rings. The molecule has 1 saturated heterocycles. The molecule has 2 amide bonds. The van der Waals surface area contributed by atoms with Crippen LogP contribution in [0.5, 0.6) is 0 Å². The second-order valence-corrected chi connectivity index (χ2v) is 7.71. The smallest absolute Gasteiger partial charge is 0.253 e. The fourth-order valence-electron chi connectivity index (χ4n) is 3.45. The molecule has 1 fully saturated rings. The van der Waals surface area contributed by atoms with E-state index in [2.05, 4.69) is 0 Å². The largest absolute Gasteiger partial charge is 0.386 e. The first-order chi connectivity index (χ1) is 12.8. The van der Waals surface area contributed by atoms with Crippen molar-refractivity contribution < 1.29 is 14.7 Å². The molecular formula is C22H26N2O3. The molecule has 2 aromatic rings. The van der Waals surface area contributed by atoms with Crippen LogP contribution in [0.2, 0.25) is 0 Å². The summed E-state index contributed by atoms with van der Waals surface area (Å²) in [6, 6.07) is 15.2. The van der Waals surface area contributed by atoms with E-state index in [-0.39, 0.29) is 17.7 Å². The summed E-state index contributed by atoms with van der Waals surface area (Å²) in [5.74, 6) is -0.654. The van der Waals surface area contributed by atoms with Crippen molar-refractivity contribution in [1.82, 2.24) is 4.90 Å². The molecule has 0 bridgehead atoms. The number of hydrogen-bond donors (Lipinski definition) is 2. The Hall–Kier alpha value is -2.66. The van der Waals surface area contributed by atoms with E-state index in [0.29, 0.717) is 18.7 Å². The summed E-state index contributed by atoms with van der Waals surface area (Å²) in [7, 11) is 0. The minimum atomic E-state index is -0.869. The third-order valence-corrected chi connectivity index (χ3v) is 5.17. The molecule has 1 heterocycles. The zero-order valence-electron chi connectivity index (χ0n) is 15.8. The van der Waals surface area contributed by atoms with Crippen LogP contribution in [-0.2, 0) is 10.4 Å². The van der Waals surface area contributed by atoms with Crippen LogP contribution in [0, 0.1) is 5.92 Å². The van der Waals surface area contributed by atoms with E-state index in [0.717, 1.165) is 29.5 Å². The lowest BCUT2D eigenvalue weighted by molar-refractivity contribution is -0.123. The van der Waals surface area contributed by atoms with Gasteiger partial charge in [-0.15, -0.1) is 0 Å². The normalized spacial score (nSPS) is 17.6. The Balaban J connectivity index is 1.73. The topological polar surface area (TPSA) is 83.6 Å². The van der Waals surface area contributed by atoms with Gasteiger partial charge in [-0.25, -0.2) is 0 Å². The van der Waals surface area contributed by atoms with Crippen molar-refractivity contribution in [3.63, 3.8) is 0 Å². The third kappa shape index (κ3) is 4.37. The number of aliphatic hydroxyl groups is 1. The van der Waals surface area contributed by atoms with Crippen LogP contribution in [0.4, 0.5) is 0 Å². The van der Waals surface area contributed by atoms with Crippen LogP contribution in [0.15, 0.2) is 48.5 Å². The van der Waals surface area contributed by atoms with Crippen molar-refractivity contribution in [1.29, 1.82) is 0 Å². The number of rotatable bonds is 4. The van der Waals surface area contributed by atoms with Crippen molar-refractivity contribution in [2.24, 2.45) is 11.7 Å². The van der Waals surface area contributed by atoms with E-state index in [4.69, 9.17) is 5.73 Å². The van der Waals surface area contributed by atoms with Crippen molar-refractivity contribution in [2.75, 3.05) is 13.1 Å². The second-order valence-electron chi connectivity index (χ2n) is 7.71. The van der Waals surface area contributed by atoms with Gasteiger partial charge >= 0.3 is 0 Å². The van der Waals surface area contributed by atoms with Crippen LogP contribution >= 0.6 is 0 Å². The number of carbonyl (C=O) groups is 2. The molecule has 0 saturated carbocycles. The van der Waals surface area contributed by atoms with Crippen LogP contribution in [0.3, 0.4) is 0 Å².